The Bertz CT molecular complexity index is 941. The van der Waals surface area contributed by atoms with Crippen LogP contribution in [0.5, 0.6) is 0 Å². The molecule has 1 atom stereocenters. The number of carboxylic acids is 1. The van der Waals surface area contributed by atoms with E-state index in [1.165, 1.54) is 23.2 Å². The molecule has 0 saturated heterocycles. The third kappa shape index (κ3) is 2.73. The molecular weight excluding hydrogens is 324 g/mol. The average Bonchev–Trinajstić information content (AvgIpc) is 3.02. The summed E-state index contributed by atoms with van der Waals surface area (Å²) in [4.78, 5) is 29.0. The van der Waals surface area contributed by atoms with Crippen LogP contribution in [0.4, 0.5) is 0 Å². The predicted octanol–water partition coefficient (Wildman–Crippen LogP) is 2.39. The number of rotatable bonds is 5. The SMILES string of the molecule is CCc1ccc(-c2csc3ncn([C@H](CC)C(=O)[O-])c(=O)c23)cc1. The van der Waals surface area contributed by atoms with Gasteiger partial charge in [-0.05, 0) is 24.0 Å². The predicted molar refractivity (Wildman–Crippen MR) is 93.0 cm³/mol. The number of aliphatic carboxylic acids is 1. The van der Waals surface area contributed by atoms with E-state index >= 15 is 0 Å². The second-order valence-electron chi connectivity index (χ2n) is 5.58. The Hall–Kier alpha value is -2.47. The lowest BCUT2D eigenvalue weighted by molar-refractivity contribution is -0.310. The van der Waals surface area contributed by atoms with Crippen LogP contribution in [0, 0.1) is 0 Å². The zero-order valence-electron chi connectivity index (χ0n) is 13.5. The van der Waals surface area contributed by atoms with Crippen molar-refractivity contribution in [1.82, 2.24) is 9.55 Å². The zero-order valence-corrected chi connectivity index (χ0v) is 14.3. The van der Waals surface area contributed by atoms with E-state index in [4.69, 9.17) is 0 Å². The van der Waals surface area contributed by atoms with Crippen molar-refractivity contribution in [1.29, 1.82) is 0 Å². The molecule has 0 fully saturated rings. The van der Waals surface area contributed by atoms with Crippen LogP contribution in [-0.2, 0) is 11.2 Å². The number of nitrogens with zero attached hydrogens (tertiary/aromatic N) is 2. The lowest BCUT2D eigenvalue weighted by Crippen LogP contribution is -2.37. The summed E-state index contributed by atoms with van der Waals surface area (Å²) in [5, 5.41) is 13.6. The van der Waals surface area contributed by atoms with Crippen LogP contribution in [0.3, 0.4) is 0 Å². The molecule has 0 aliphatic rings. The fraction of sp³-hybridized carbons (Fsp3) is 0.278. The Balaban J connectivity index is 2.20. The van der Waals surface area contributed by atoms with Gasteiger partial charge in [-0.2, -0.15) is 0 Å². The summed E-state index contributed by atoms with van der Waals surface area (Å²) in [6.07, 6.45) is 2.51. The fourth-order valence-corrected chi connectivity index (χ4v) is 3.68. The summed E-state index contributed by atoms with van der Waals surface area (Å²) in [5.74, 6) is -1.27. The molecule has 2 heterocycles. The number of benzene rings is 1. The number of carbonyl (C=O) groups is 1. The van der Waals surface area contributed by atoms with Gasteiger partial charge in [-0.15, -0.1) is 11.3 Å². The molecule has 0 unspecified atom stereocenters. The minimum absolute atomic E-state index is 0.264. The first-order chi connectivity index (χ1) is 11.6. The lowest BCUT2D eigenvalue weighted by atomic mass is 10.0. The van der Waals surface area contributed by atoms with Gasteiger partial charge in [-0.3, -0.25) is 9.36 Å². The summed E-state index contributed by atoms with van der Waals surface area (Å²) >= 11 is 1.38. The Kier molecular flexibility index (Phi) is 4.49. The molecule has 3 rings (SSSR count). The van der Waals surface area contributed by atoms with Crippen LogP contribution in [0.15, 0.2) is 40.8 Å². The number of carbonyl (C=O) groups excluding carboxylic acids is 1. The lowest BCUT2D eigenvalue weighted by Gasteiger charge is -2.18. The van der Waals surface area contributed by atoms with Gasteiger partial charge in [0.1, 0.15) is 4.83 Å². The second kappa shape index (κ2) is 6.57. The Morgan fingerprint density at radius 1 is 1.29 bits per heavy atom. The molecule has 0 spiro atoms. The van der Waals surface area contributed by atoms with Crippen molar-refractivity contribution in [2.24, 2.45) is 0 Å². The minimum Gasteiger partial charge on any atom is -0.548 e. The van der Waals surface area contributed by atoms with Crippen LogP contribution >= 0.6 is 11.3 Å². The van der Waals surface area contributed by atoms with Crippen molar-refractivity contribution in [2.75, 3.05) is 0 Å². The molecule has 24 heavy (non-hydrogen) atoms. The van der Waals surface area contributed by atoms with E-state index in [2.05, 4.69) is 11.9 Å². The molecule has 1 aromatic carbocycles. The van der Waals surface area contributed by atoms with Gasteiger partial charge in [-0.25, -0.2) is 4.98 Å². The maximum Gasteiger partial charge on any atom is 0.263 e. The highest BCUT2D eigenvalue weighted by molar-refractivity contribution is 7.17. The van der Waals surface area contributed by atoms with E-state index in [1.54, 1.807) is 6.92 Å². The van der Waals surface area contributed by atoms with Crippen molar-refractivity contribution in [3.8, 4) is 11.1 Å². The van der Waals surface area contributed by atoms with Crippen LogP contribution in [0.1, 0.15) is 31.9 Å². The van der Waals surface area contributed by atoms with Crippen LogP contribution in [-0.4, -0.2) is 15.5 Å². The van der Waals surface area contributed by atoms with E-state index < -0.39 is 12.0 Å². The number of hydrogen-bond donors (Lipinski definition) is 0. The molecular formula is C18H17N2O3S-. The molecule has 0 aliphatic heterocycles. The number of hydrogen-bond acceptors (Lipinski definition) is 5. The fourth-order valence-electron chi connectivity index (χ4n) is 2.78. The third-order valence-corrected chi connectivity index (χ3v) is 5.07. The number of aryl methyl sites for hydroxylation is 1. The van der Waals surface area contributed by atoms with Crippen LogP contribution in [0.25, 0.3) is 21.3 Å². The molecule has 124 valence electrons. The van der Waals surface area contributed by atoms with Crippen molar-refractivity contribution < 1.29 is 9.90 Å². The van der Waals surface area contributed by atoms with Gasteiger partial charge >= 0.3 is 0 Å². The summed E-state index contributed by atoms with van der Waals surface area (Å²) < 4.78 is 1.16. The number of fused-ring (bicyclic) bond motifs is 1. The quantitative estimate of drug-likeness (QED) is 0.714. The van der Waals surface area contributed by atoms with Crippen molar-refractivity contribution in [2.45, 2.75) is 32.7 Å². The van der Waals surface area contributed by atoms with E-state index in [0.717, 1.165) is 22.1 Å². The largest absolute Gasteiger partial charge is 0.548 e. The number of thiophene rings is 1. The van der Waals surface area contributed by atoms with Gasteiger partial charge in [-0.1, -0.05) is 38.1 Å². The first kappa shape index (κ1) is 16.4. The third-order valence-electron chi connectivity index (χ3n) is 4.19. The van der Waals surface area contributed by atoms with Crippen LogP contribution < -0.4 is 10.7 Å². The summed E-state index contributed by atoms with van der Waals surface area (Å²) in [6, 6.07) is 7.01. The van der Waals surface area contributed by atoms with Crippen molar-refractivity contribution in [3.05, 3.63) is 51.9 Å². The molecule has 6 heteroatoms. The van der Waals surface area contributed by atoms with Gasteiger partial charge in [0.05, 0.1) is 23.7 Å². The maximum atomic E-state index is 12.9. The standard InChI is InChI=1S/C18H18N2O3S/c1-3-11-5-7-12(8-6-11)13-9-24-16-15(13)17(21)20(10-19-16)14(4-2)18(22)23/h5-10,14H,3-4H2,1-2H3,(H,22,23)/p-1/t14-/m1/s1. The van der Waals surface area contributed by atoms with E-state index in [0.29, 0.717) is 10.2 Å². The van der Waals surface area contributed by atoms with Gasteiger partial charge in [0.25, 0.3) is 5.56 Å². The Labute approximate surface area is 143 Å². The Morgan fingerprint density at radius 3 is 2.58 bits per heavy atom. The molecule has 0 N–H and O–H groups in total. The highest BCUT2D eigenvalue weighted by Gasteiger charge is 2.17. The Morgan fingerprint density at radius 2 is 2.00 bits per heavy atom. The average molecular weight is 341 g/mol. The first-order valence-electron chi connectivity index (χ1n) is 7.85. The first-order valence-corrected chi connectivity index (χ1v) is 8.73. The van der Waals surface area contributed by atoms with Gasteiger partial charge in [0, 0.05) is 10.9 Å². The summed E-state index contributed by atoms with van der Waals surface area (Å²) in [5.41, 5.74) is 2.60. The van der Waals surface area contributed by atoms with E-state index in [9.17, 15) is 14.7 Å². The van der Waals surface area contributed by atoms with Crippen LogP contribution in [0.2, 0.25) is 0 Å². The molecule has 0 radical (unpaired) electrons. The summed E-state index contributed by atoms with van der Waals surface area (Å²) in [6.45, 7) is 3.79. The molecule has 0 aliphatic carbocycles. The van der Waals surface area contributed by atoms with E-state index in [-0.39, 0.29) is 12.0 Å². The zero-order chi connectivity index (χ0) is 17.3. The minimum atomic E-state index is -1.27. The van der Waals surface area contributed by atoms with Gasteiger partial charge in [0.2, 0.25) is 0 Å². The second-order valence-corrected chi connectivity index (χ2v) is 6.44. The number of aromatic nitrogens is 2. The van der Waals surface area contributed by atoms with Crippen molar-refractivity contribution >= 4 is 27.5 Å². The highest BCUT2D eigenvalue weighted by atomic mass is 32.1. The van der Waals surface area contributed by atoms with Gasteiger partial charge < -0.3 is 9.90 Å². The maximum absolute atomic E-state index is 12.9. The molecule has 0 saturated carbocycles. The highest BCUT2D eigenvalue weighted by Crippen LogP contribution is 2.31. The number of carboxylic acid groups (broad SMARTS) is 1. The molecule has 3 aromatic rings. The molecule has 5 nitrogen and oxygen atoms in total. The molecule has 2 aromatic heterocycles. The van der Waals surface area contributed by atoms with E-state index in [1.807, 2.05) is 29.6 Å². The normalized spacial score (nSPS) is 12.4. The van der Waals surface area contributed by atoms with Gasteiger partial charge in [0.15, 0.2) is 0 Å². The molecule has 0 amide bonds. The smallest absolute Gasteiger partial charge is 0.263 e. The summed E-state index contributed by atoms with van der Waals surface area (Å²) in [7, 11) is 0. The molecule has 0 bridgehead atoms. The topological polar surface area (TPSA) is 75.0 Å². The monoisotopic (exact) mass is 341 g/mol. The van der Waals surface area contributed by atoms with Crippen molar-refractivity contribution in [3.63, 3.8) is 0 Å².